The van der Waals surface area contributed by atoms with Crippen LogP contribution in [0.1, 0.15) is 48.0 Å². The van der Waals surface area contributed by atoms with Gasteiger partial charge in [-0.2, -0.15) is 0 Å². The molecule has 6 heteroatoms. The van der Waals surface area contributed by atoms with Crippen LogP contribution >= 0.6 is 0 Å². The lowest BCUT2D eigenvalue weighted by Crippen LogP contribution is -2.50. The molecule has 0 aromatic heterocycles. The Balaban J connectivity index is 2.42. The molecule has 0 aromatic rings. The number of nitrogens with zero attached hydrogens (tertiary/aromatic N) is 3. The summed E-state index contributed by atoms with van der Waals surface area (Å²) in [5.74, 6) is 1.46. The van der Waals surface area contributed by atoms with Gasteiger partial charge in [0.15, 0.2) is 5.96 Å². The number of hydrogen-bond acceptors (Lipinski definition) is 4. The Morgan fingerprint density at radius 2 is 1.73 bits per heavy atom. The van der Waals surface area contributed by atoms with Crippen LogP contribution in [0.25, 0.3) is 0 Å². The molecule has 26 heavy (non-hydrogen) atoms. The highest BCUT2D eigenvalue weighted by Gasteiger charge is 2.20. The molecule has 1 saturated heterocycles. The molecule has 2 unspecified atom stereocenters. The third kappa shape index (κ3) is 8.69. The number of rotatable bonds is 11. The molecule has 0 aliphatic carbocycles. The minimum absolute atomic E-state index is 0.309. The lowest BCUT2D eigenvalue weighted by molar-refractivity contribution is 0.0258. The van der Waals surface area contributed by atoms with Crippen molar-refractivity contribution in [2.75, 3.05) is 59.0 Å². The molecular formula is C20H43N5O. The maximum absolute atomic E-state index is 5.83. The second kappa shape index (κ2) is 13.3. The molecule has 1 fully saturated rings. The van der Waals surface area contributed by atoms with Gasteiger partial charge in [0, 0.05) is 51.9 Å². The quantitative estimate of drug-likeness (QED) is 0.431. The third-order valence-electron chi connectivity index (χ3n) is 5.18. The number of nitrogens with one attached hydrogen (secondary N) is 2. The van der Waals surface area contributed by atoms with E-state index in [-0.39, 0.29) is 0 Å². The normalized spacial score (nSPS) is 19.6. The molecule has 0 radical (unpaired) electrons. The highest BCUT2D eigenvalue weighted by Crippen LogP contribution is 2.10. The van der Waals surface area contributed by atoms with Gasteiger partial charge in [0.1, 0.15) is 0 Å². The van der Waals surface area contributed by atoms with E-state index in [1.165, 1.54) is 13.1 Å². The standard InChI is InChI=1S/C20H43N5O/c1-7-21-20(22-11-10-19(17(4)5)26-9-3)23-16-18(6)25-14-12-24(8-2)13-15-25/h17-19H,7-16H2,1-6H3,(H2,21,22,23). The van der Waals surface area contributed by atoms with Gasteiger partial charge in [-0.1, -0.05) is 20.8 Å². The van der Waals surface area contributed by atoms with Crippen LogP contribution in [0, 0.1) is 5.92 Å². The van der Waals surface area contributed by atoms with Crippen molar-refractivity contribution in [1.82, 2.24) is 20.4 Å². The average Bonchev–Trinajstić information content (AvgIpc) is 2.65. The van der Waals surface area contributed by atoms with Gasteiger partial charge < -0.3 is 20.3 Å². The predicted octanol–water partition coefficient (Wildman–Crippen LogP) is 2.02. The molecule has 1 rings (SSSR count). The molecule has 0 amide bonds. The lowest BCUT2D eigenvalue weighted by atomic mass is 10.0. The number of likely N-dealkylation sites (N-methyl/N-ethyl adjacent to an activating group) is 1. The summed E-state index contributed by atoms with van der Waals surface area (Å²) in [4.78, 5) is 9.89. The van der Waals surface area contributed by atoms with Crippen molar-refractivity contribution in [3.05, 3.63) is 0 Å². The second-order valence-electron chi connectivity index (χ2n) is 7.49. The Hall–Kier alpha value is -0.850. The van der Waals surface area contributed by atoms with Gasteiger partial charge in [-0.25, -0.2) is 0 Å². The zero-order valence-electron chi connectivity index (χ0n) is 18.1. The first-order valence-electron chi connectivity index (χ1n) is 10.6. The van der Waals surface area contributed by atoms with Crippen molar-refractivity contribution in [1.29, 1.82) is 0 Å². The minimum atomic E-state index is 0.309. The predicted molar refractivity (Wildman–Crippen MR) is 112 cm³/mol. The summed E-state index contributed by atoms with van der Waals surface area (Å²) < 4.78 is 5.83. The van der Waals surface area contributed by atoms with E-state index < -0.39 is 0 Å². The molecule has 0 saturated carbocycles. The molecule has 0 bridgehead atoms. The molecule has 2 N–H and O–H groups in total. The molecule has 1 aliphatic rings. The molecule has 0 aromatic carbocycles. The Morgan fingerprint density at radius 3 is 2.27 bits per heavy atom. The molecule has 6 nitrogen and oxygen atoms in total. The van der Waals surface area contributed by atoms with Gasteiger partial charge in [0.05, 0.1) is 12.6 Å². The van der Waals surface area contributed by atoms with Crippen LogP contribution in [-0.4, -0.2) is 86.9 Å². The summed E-state index contributed by atoms with van der Waals surface area (Å²) in [6.07, 6.45) is 1.31. The van der Waals surface area contributed by atoms with Gasteiger partial charge in [-0.05, 0) is 39.7 Å². The van der Waals surface area contributed by atoms with Gasteiger partial charge in [0.25, 0.3) is 0 Å². The zero-order chi connectivity index (χ0) is 19.4. The van der Waals surface area contributed by atoms with E-state index in [2.05, 4.69) is 62.0 Å². The lowest BCUT2D eigenvalue weighted by Gasteiger charge is -2.37. The molecule has 1 heterocycles. The minimum Gasteiger partial charge on any atom is -0.378 e. The van der Waals surface area contributed by atoms with Crippen LogP contribution in [0.5, 0.6) is 0 Å². The van der Waals surface area contributed by atoms with Crippen LogP contribution in [0.3, 0.4) is 0 Å². The first-order valence-corrected chi connectivity index (χ1v) is 10.6. The number of piperazine rings is 1. The summed E-state index contributed by atoms with van der Waals surface area (Å²) in [6, 6.07) is 0.483. The van der Waals surface area contributed by atoms with Gasteiger partial charge >= 0.3 is 0 Å². The summed E-state index contributed by atoms with van der Waals surface area (Å²) in [5.41, 5.74) is 0. The van der Waals surface area contributed by atoms with Crippen LogP contribution in [-0.2, 0) is 4.74 Å². The number of aliphatic imine (C=N–C) groups is 1. The Morgan fingerprint density at radius 1 is 1.04 bits per heavy atom. The smallest absolute Gasteiger partial charge is 0.191 e. The van der Waals surface area contributed by atoms with Crippen LogP contribution in [0.4, 0.5) is 0 Å². The van der Waals surface area contributed by atoms with Crippen molar-refractivity contribution in [3.63, 3.8) is 0 Å². The molecule has 0 spiro atoms. The Bertz CT molecular complexity index is 380. The number of ether oxygens (including phenoxy) is 1. The topological polar surface area (TPSA) is 52.1 Å². The first kappa shape index (κ1) is 23.2. The fraction of sp³-hybridized carbons (Fsp3) is 0.950. The van der Waals surface area contributed by atoms with E-state index in [1.54, 1.807) is 0 Å². The maximum Gasteiger partial charge on any atom is 0.191 e. The van der Waals surface area contributed by atoms with E-state index >= 15 is 0 Å². The monoisotopic (exact) mass is 369 g/mol. The SMILES string of the molecule is CCNC(=NCC(C)N1CCN(CC)CC1)NCCC(OCC)C(C)C. The highest BCUT2D eigenvalue weighted by atomic mass is 16.5. The molecule has 2 atom stereocenters. The average molecular weight is 370 g/mol. The zero-order valence-corrected chi connectivity index (χ0v) is 18.1. The second-order valence-corrected chi connectivity index (χ2v) is 7.49. The van der Waals surface area contributed by atoms with Gasteiger partial charge in [0.2, 0.25) is 0 Å². The van der Waals surface area contributed by atoms with Crippen LogP contribution in [0.2, 0.25) is 0 Å². The fourth-order valence-electron chi connectivity index (χ4n) is 3.36. The molecule has 1 aliphatic heterocycles. The summed E-state index contributed by atoms with van der Waals surface area (Å²) in [5, 5.41) is 6.83. The third-order valence-corrected chi connectivity index (χ3v) is 5.18. The number of hydrogen-bond donors (Lipinski definition) is 2. The van der Waals surface area contributed by atoms with Crippen molar-refractivity contribution < 1.29 is 4.74 Å². The first-order chi connectivity index (χ1) is 12.5. The van der Waals surface area contributed by atoms with E-state index in [9.17, 15) is 0 Å². The van der Waals surface area contributed by atoms with Gasteiger partial charge in [-0.3, -0.25) is 9.89 Å². The van der Waals surface area contributed by atoms with Crippen molar-refractivity contribution in [2.24, 2.45) is 10.9 Å². The van der Waals surface area contributed by atoms with E-state index in [4.69, 9.17) is 9.73 Å². The van der Waals surface area contributed by atoms with Crippen LogP contribution in [0.15, 0.2) is 4.99 Å². The maximum atomic E-state index is 5.83. The summed E-state index contributed by atoms with van der Waals surface area (Å²) >= 11 is 0. The summed E-state index contributed by atoms with van der Waals surface area (Å²) in [6.45, 7) is 22.4. The highest BCUT2D eigenvalue weighted by molar-refractivity contribution is 5.79. The van der Waals surface area contributed by atoms with E-state index in [0.717, 1.165) is 58.3 Å². The van der Waals surface area contributed by atoms with Crippen molar-refractivity contribution in [2.45, 2.75) is 60.1 Å². The number of guanidine groups is 1. The Labute approximate surface area is 161 Å². The van der Waals surface area contributed by atoms with Crippen molar-refractivity contribution in [3.8, 4) is 0 Å². The van der Waals surface area contributed by atoms with Gasteiger partial charge in [-0.15, -0.1) is 0 Å². The molecule has 154 valence electrons. The fourth-order valence-corrected chi connectivity index (χ4v) is 3.36. The van der Waals surface area contributed by atoms with Crippen molar-refractivity contribution >= 4 is 5.96 Å². The summed E-state index contributed by atoms with van der Waals surface area (Å²) in [7, 11) is 0. The Kier molecular flexibility index (Phi) is 11.9. The molecular weight excluding hydrogens is 326 g/mol. The van der Waals surface area contributed by atoms with E-state index in [0.29, 0.717) is 18.1 Å². The van der Waals surface area contributed by atoms with Crippen LogP contribution < -0.4 is 10.6 Å². The largest absolute Gasteiger partial charge is 0.378 e. The van der Waals surface area contributed by atoms with E-state index in [1.807, 2.05) is 0 Å².